The summed E-state index contributed by atoms with van der Waals surface area (Å²) in [5.41, 5.74) is 1.11. The Morgan fingerprint density at radius 3 is 2.57 bits per heavy atom. The molecule has 0 amide bonds. The van der Waals surface area contributed by atoms with Crippen molar-refractivity contribution in [3.63, 3.8) is 0 Å². The highest BCUT2D eigenvalue weighted by molar-refractivity contribution is 6.33. The molecule has 120 valence electrons. The van der Waals surface area contributed by atoms with E-state index in [2.05, 4.69) is 42.9 Å². The van der Waals surface area contributed by atoms with Crippen LogP contribution in [-0.4, -0.2) is 37.8 Å². The van der Waals surface area contributed by atoms with Gasteiger partial charge in [0.25, 0.3) is 0 Å². The number of nitrogens with one attached hydrogen (secondary N) is 1. The van der Waals surface area contributed by atoms with Gasteiger partial charge in [-0.3, -0.25) is 0 Å². The molecule has 0 saturated carbocycles. The maximum Gasteiger partial charge on any atom is 0.147 e. The first-order valence-corrected chi connectivity index (χ1v) is 7.93. The standard InChI is InChI=1S/C16H28ClN3O/c1-12(2)11-20(6-7-21-5)16-15(17)8-14(10-19-16)9-18-13(3)4/h8,10,12-13,18H,6-7,9,11H2,1-5H3. The smallest absolute Gasteiger partial charge is 0.147 e. The number of halogens is 1. The Balaban J connectivity index is 2.82. The van der Waals surface area contributed by atoms with E-state index in [4.69, 9.17) is 16.3 Å². The number of methoxy groups -OCH3 is 1. The number of hydrogen-bond acceptors (Lipinski definition) is 4. The van der Waals surface area contributed by atoms with Crippen molar-refractivity contribution < 1.29 is 4.74 Å². The summed E-state index contributed by atoms with van der Waals surface area (Å²) in [6.07, 6.45) is 1.90. The van der Waals surface area contributed by atoms with Crippen LogP contribution in [0.3, 0.4) is 0 Å². The van der Waals surface area contributed by atoms with Gasteiger partial charge >= 0.3 is 0 Å². The lowest BCUT2D eigenvalue weighted by Crippen LogP contribution is -2.32. The third-order valence-corrected chi connectivity index (χ3v) is 3.32. The molecule has 0 atom stereocenters. The Morgan fingerprint density at radius 2 is 2.05 bits per heavy atom. The molecule has 1 N–H and O–H groups in total. The first-order valence-electron chi connectivity index (χ1n) is 7.55. The summed E-state index contributed by atoms with van der Waals surface area (Å²) in [6, 6.07) is 2.45. The fourth-order valence-electron chi connectivity index (χ4n) is 2.05. The second-order valence-corrected chi connectivity index (χ2v) is 6.42. The average molecular weight is 314 g/mol. The normalized spacial score (nSPS) is 11.4. The van der Waals surface area contributed by atoms with E-state index in [1.54, 1.807) is 7.11 Å². The van der Waals surface area contributed by atoms with Crippen LogP contribution in [0.15, 0.2) is 12.3 Å². The molecule has 0 aromatic carbocycles. The lowest BCUT2D eigenvalue weighted by atomic mass is 10.2. The average Bonchev–Trinajstić information content (AvgIpc) is 2.41. The molecule has 0 fully saturated rings. The monoisotopic (exact) mass is 313 g/mol. The first-order chi connectivity index (χ1) is 9.93. The van der Waals surface area contributed by atoms with Gasteiger partial charge in [0.2, 0.25) is 0 Å². The Bertz CT molecular complexity index is 424. The highest BCUT2D eigenvalue weighted by atomic mass is 35.5. The quantitative estimate of drug-likeness (QED) is 0.758. The van der Waals surface area contributed by atoms with Gasteiger partial charge in [0.1, 0.15) is 5.82 Å². The van der Waals surface area contributed by atoms with E-state index in [0.717, 1.165) is 31.0 Å². The molecule has 1 aromatic heterocycles. The summed E-state index contributed by atoms with van der Waals surface area (Å²) in [4.78, 5) is 6.75. The van der Waals surface area contributed by atoms with Crippen LogP contribution in [0.4, 0.5) is 5.82 Å². The summed E-state index contributed by atoms with van der Waals surface area (Å²) in [6.45, 7) is 11.8. The summed E-state index contributed by atoms with van der Waals surface area (Å²) in [7, 11) is 1.71. The van der Waals surface area contributed by atoms with E-state index in [1.165, 1.54) is 0 Å². The van der Waals surface area contributed by atoms with Crippen molar-refractivity contribution in [2.24, 2.45) is 5.92 Å². The lowest BCUT2D eigenvalue weighted by Gasteiger charge is -2.26. The van der Waals surface area contributed by atoms with Crippen molar-refractivity contribution in [3.05, 3.63) is 22.8 Å². The van der Waals surface area contributed by atoms with Crippen molar-refractivity contribution in [2.45, 2.75) is 40.3 Å². The third-order valence-electron chi connectivity index (χ3n) is 3.04. The molecule has 0 aliphatic heterocycles. The number of anilines is 1. The van der Waals surface area contributed by atoms with Crippen molar-refractivity contribution >= 4 is 17.4 Å². The third kappa shape index (κ3) is 6.64. The van der Waals surface area contributed by atoms with Gasteiger partial charge in [-0.1, -0.05) is 39.3 Å². The Hall–Kier alpha value is -0.840. The summed E-state index contributed by atoms with van der Waals surface area (Å²) in [5, 5.41) is 4.08. The van der Waals surface area contributed by atoms with Crippen molar-refractivity contribution in [2.75, 3.05) is 31.7 Å². The van der Waals surface area contributed by atoms with Gasteiger partial charge in [0, 0.05) is 39.0 Å². The molecule has 0 saturated heterocycles. The highest BCUT2D eigenvalue weighted by Gasteiger charge is 2.14. The predicted molar refractivity (Wildman–Crippen MR) is 90.1 cm³/mol. The molecule has 0 aliphatic carbocycles. The van der Waals surface area contributed by atoms with Gasteiger partial charge in [-0.2, -0.15) is 0 Å². The zero-order chi connectivity index (χ0) is 15.8. The van der Waals surface area contributed by atoms with E-state index >= 15 is 0 Å². The van der Waals surface area contributed by atoms with E-state index in [9.17, 15) is 0 Å². The minimum atomic E-state index is 0.447. The molecule has 1 aromatic rings. The fourth-order valence-corrected chi connectivity index (χ4v) is 2.36. The summed E-state index contributed by atoms with van der Waals surface area (Å²) >= 11 is 6.43. The molecule has 0 unspecified atom stereocenters. The van der Waals surface area contributed by atoms with E-state index in [1.807, 2.05) is 12.3 Å². The van der Waals surface area contributed by atoms with Crippen LogP contribution in [0.2, 0.25) is 5.02 Å². The van der Waals surface area contributed by atoms with Crippen LogP contribution < -0.4 is 10.2 Å². The molecule has 0 aliphatic rings. The minimum absolute atomic E-state index is 0.447. The number of aromatic nitrogens is 1. The number of hydrogen-bond donors (Lipinski definition) is 1. The largest absolute Gasteiger partial charge is 0.383 e. The van der Waals surface area contributed by atoms with Crippen LogP contribution in [0, 0.1) is 5.92 Å². The van der Waals surface area contributed by atoms with Gasteiger partial charge in [-0.15, -0.1) is 0 Å². The molecular formula is C16H28ClN3O. The summed E-state index contributed by atoms with van der Waals surface area (Å²) in [5.74, 6) is 1.39. The second-order valence-electron chi connectivity index (χ2n) is 6.02. The SMILES string of the molecule is COCCN(CC(C)C)c1ncc(CNC(C)C)cc1Cl. The van der Waals surface area contributed by atoms with Crippen molar-refractivity contribution in [1.82, 2.24) is 10.3 Å². The molecule has 0 bridgehead atoms. The maximum absolute atomic E-state index is 6.43. The van der Waals surface area contributed by atoms with Gasteiger partial charge in [0.05, 0.1) is 11.6 Å². The van der Waals surface area contributed by atoms with E-state index in [0.29, 0.717) is 23.6 Å². The van der Waals surface area contributed by atoms with Gasteiger partial charge < -0.3 is 15.0 Å². The molecule has 21 heavy (non-hydrogen) atoms. The van der Waals surface area contributed by atoms with Crippen LogP contribution in [0.5, 0.6) is 0 Å². The number of pyridine rings is 1. The van der Waals surface area contributed by atoms with Gasteiger partial charge in [0.15, 0.2) is 0 Å². The van der Waals surface area contributed by atoms with Gasteiger partial charge in [-0.05, 0) is 17.5 Å². The van der Waals surface area contributed by atoms with Crippen LogP contribution >= 0.6 is 11.6 Å². The molecule has 0 radical (unpaired) electrons. The van der Waals surface area contributed by atoms with Crippen molar-refractivity contribution in [3.8, 4) is 0 Å². The Labute approximate surface area is 133 Å². The zero-order valence-corrected chi connectivity index (χ0v) is 14.6. The number of rotatable bonds is 9. The van der Waals surface area contributed by atoms with E-state index in [-0.39, 0.29) is 0 Å². The molecule has 4 nitrogen and oxygen atoms in total. The molecule has 5 heteroatoms. The Morgan fingerprint density at radius 1 is 1.33 bits per heavy atom. The topological polar surface area (TPSA) is 37.4 Å². The first kappa shape index (κ1) is 18.2. The second kappa shape index (κ2) is 9.23. The number of nitrogens with zero attached hydrogens (tertiary/aromatic N) is 2. The fraction of sp³-hybridized carbons (Fsp3) is 0.688. The van der Waals surface area contributed by atoms with Crippen molar-refractivity contribution in [1.29, 1.82) is 0 Å². The molecule has 1 heterocycles. The van der Waals surface area contributed by atoms with Crippen LogP contribution in [0.25, 0.3) is 0 Å². The van der Waals surface area contributed by atoms with Crippen LogP contribution in [0.1, 0.15) is 33.3 Å². The minimum Gasteiger partial charge on any atom is -0.383 e. The van der Waals surface area contributed by atoms with Crippen LogP contribution in [-0.2, 0) is 11.3 Å². The van der Waals surface area contributed by atoms with Gasteiger partial charge in [-0.25, -0.2) is 4.98 Å². The van der Waals surface area contributed by atoms with E-state index < -0.39 is 0 Å². The Kier molecular flexibility index (Phi) is 8.01. The highest BCUT2D eigenvalue weighted by Crippen LogP contribution is 2.25. The molecule has 0 spiro atoms. The maximum atomic E-state index is 6.43. The lowest BCUT2D eigenvalue weighted by molar-refractivity contribution is 0.204. The molecule has 1 rings (SSSR count). The number of ether oxygens (including phenoxy) is 1. The zero-order valence-electron chi connectivity index (χ0n) is 13.8. The molecular weight excluding hydrogens is 286 g/mol. The predicted octanol–water partition coefficient (Wildman–Crippen LogP) is 3.34. The summed E-state index contributed by atoms with van der Waals surface area (Å²) < 4.78 is 5.18.